The van der Waals surface area contributed by atoms with Gasteiger partial charge in [0, 0.05) is 6.54 Å². The lowest BCUT2D eigenvalue weighted by Crippen LogP contribution is -2.62. The minimum atomic E-state index is -1.61. The van der Waals surface area contributed by atoms with E-state index >= 15 is 0 Å². The molecule has 0 aliphatic carbocycles. The fraction of sp³-hybridized carbons (Fsp3) is 0.778. The average molecular weight is 1020 g/mol. The highest BCUT2D eigenvalue weighted by Crippen LogP contribution is 2.22. The minimum Gasteiger partial charge on any atom is -0.480 e. The number of amides is 9. The monoisotopic (exact) mass is 1020 g/mol. The third-order valence-corrected chi connectivity index (χ3v) is 13.2. The summed E-state index contributed by atoms with van der Waals surface area (Å²) < 4.78 is 0. The van der Waals surface area contributed by atoms with Crippen molar-refractivity contribution in [3.63, 3.8) is 0 Å². The molecule has 0 saturated carbocycles. The summed E-state index contributed by atoms with van der Waals surface area (Å²) in [7, 11) is 0. The van der Waals surface area contributed by atoms with Crippen LogP contribution in [0.15, 0.2) is 0 Å². The van der Waals surface area contributed by atoms with Crippen LogP contribution in [0.5, 0.6) is 0 Å². The molecular weight excluding hydrogens is 937 g/mol. The van der Waals surface area contributed by atoms with Gasteiger partial charge in [-0.05, 0) is 94.6 Å². The molecule has 0 aromatic rings. The first-order chi connectivity index (χ1) is 32.3. The molecule has 1 heterocycles. The number of nitrogens with zero attached hydrogens (tertiary/aromatic N) is 1. The van der Waals surface area contributed by atoms with E-state index in [4.69, 9.17) is 5.73 Å². The van der Waals surface area contributed by atoms with Gasteiger partial charge in [0.2, 0.25) is 53.2 Å². The van der Waals surface area contributed by atoms with Crippen molar-refractivity contribution < 1.29 is 58.2 Å². The molecule has 22 nitrogen and oxygen atoms in total. The molecule has 9 amide bonds. The Balaban J connectivity index is 3.11. The van der Waals surface area contributed by atoms with E-state index in [1.54, 1.807) is 26.4 Å². The minimum absolute atomic E-state index is 0.0630. The molecule has 0 radical (unpaired) electrons. The van der Waals surface area contributed by atoms with Crippen molar-refractivity contribution in [2.75, 3.05) is 37.1 Å². The zero-order valence-corrected chi connectivity index (χ0v) is 43.7. The van der Waals surface area contributed by atoms with Gasteiger partial charge in [0.25, 0.3) is 0 Å². The number of aliphatic hydroxyl groups is 1. The summed E-state index contributed by atoms with van der Waals surface area (Å²) >= 11 is 2.82. The van der Waals surface area contributed by atoms with Crippen molar-refractivity contribution in [2.45, 2.75) is 168 Å². The van der Waals surface area contributed by atoms with Gasteiger partial charge in [-0.2, -0.15) is 23.5 Å². The second kappa shape index (κ2) is 31.5. The molecule has 1 rings (SSSR count). The molecule has 1 aliphatic rings. The van der Waals surface area contributed by atoms with E-state index in [2.05, 4.69) is 42.5 Å². The van der Waals surface area contributed by atoms with Crippen LogP contribution < -0.4 is 48.3 Å². The molecule has 0 bridgehead atoms. The predicted molar refractivity (Wildman–Crippen MR) is 264 cm³/mol. The maximum atomic E-state index is 13.9. The Morgan fingerprint density at radius 3 is 1.68 bits per heavy atom. The molecule has 12 N–H and O–H groups in total. The number of nitrogens with two attached hydrogens (primary N) is 1. The van der Waals surface area contributed by atoms with Crippen LogP contribution in [0.3, 0.4) is 0 Å². The summed E-state index contributed by atoms with van der Waals surface area (Å²) in [5.74, 6) is -7.47. The highest BCUT2D eigenvalue weighted by molar-refractivity contribution is 7.98. The van der Waals surface area contributed by atoms with E-state index < -0.39 is 132 Å². The van der Waals surface area contributed by atoms with Crippen molar-refractivity contribution >= 4 is 82.7 Å². The van der Waals surface area contributed by atoms with Gasteiger partial charge in [-0.25, -0.2) is 4.79 Å². The van der Waals surface area contributed by atoms with Gasteiger partial charge in [0.15, 0.2) is 0 Å². The smallest absolute Gasteiger partial charge is 0.326 e. The molecule has 0 aromatic carbocycles. The Hall–Kier alpha value is -4.68. The highest BCUT2D eigenvalue weighted by atomic mass is 32.2. The first-order valence-electron chi connectivity index (χ1n) is 23.7. The third-order valence-electron chi connectivity index (χ3n) is 11.9. The van der Waals surface area contributed by atoms with Crippen molar-refractivity contribution in [2.24, 2.45) is 23.5 Å². The van der Waals surface area contributed by atoms with Gasteiger partial charge in [0.1, 0.15) is 48.3 Å². The molecule has 1 fully saturated rings. The molecule has 1 aliphatic heterocycles. The van der Waals surface area contributed by atoms with E-state index in [1.807, 2.05) is 27.7 Å². The number of hydrogen-bond donors (Lipinski definition) is 11. The first-order valence-corrected chi connectivity index (χ1v) is 26.5. The second-order valence-corrected chi connectivity index (χ2v) is 20.1. The number of carbonyl (C=O) groups excluding carboxylic acids is 9. The molecule has 1 saturated heterocycles. The lowest BCUT2D eigenvalue weighted by atomic mass is 9.97. The van der Waals surface area contributed by atoms with Gasteiger partial charge in [-0.15, -0.1) is 0 Å². The van der Waals surface area contributed by atoms with Gasteiger partial charge in [0.05, 0.1) is 18.7 Å². The van der Waals surface area contributed by atoms with Gasteiger partial charge >= 0.3 is 5.97 Å². The van der Waals surface area contributed by atoms with Crippen molar-refractivity contribution in [3.05, 3.63) is 0 Å². The topological polar surface area (TPSA) is 337 Å². The maximum Gasteiger partial charge on any atom is 0.326 e. The largest absolute Gasteiger partial charge is 0.480 e. The van der Waals surface area contributed by atoms with Crippen LogP contribution in [-0.2, 0) is 47.9 Å². The zero-order valence-electron chi connectivity index (χ0n) is 42.1. The fourth-order valence-electron chi connectivity index (χ4n) is 7.23. The van der Waals surface area contributed by atoms with Crippen molar-refractivity contribution in [3.8, 4) is 0 Å². The standard InChI is InChI=1S/C45H80N10O12S2/c1-12-24(5)34(42(63)48-27(8)38(59)47-22-33(57)49-31(21-23(3)4)40(61)51-30(45(66)67)17-20-69-11)52-43(64)36(28(9)56)54-39(60)29(16-19-68-10)50-41(62)32-15-14-18-55(32)44(65)35(25(6)13-2)53-37(58)26(7)46/h23-32,34-36,56H,12-22,46H2,1-11H3,(H,47,59)(H,48,63)(H,49,57)(H,50,62)(H,51,61)(H,52,64)(H,53,58)(H,54,60)(H,66,67)/t24-,25-,26-,27-,28+,29-,30-,31-,32-,34-,35-,36-/m0/s1. The molecule has 0 aromatic heterocycles. The lowest BCUT2D eigenvalue weighted by Gasteiger charge is -2.32. The van der Waals surface area contributed by atoms with Crippen LogP contribution in [0.25, 0.3) is 0 Å². The van der Waals surface area contributed by atoms with E-state index in [0.717, 1.165) is 0 Å². The van der Waals surface area contributed by atoms with Crippen LogP contribution in [0.1, 0.15) is 107 Å². The number of carboxylic acid groups (broad SMARTS) is 1. The number of thioether (sulfide) groups is 2. The van der Waals surface area contributed by atoms with Gasteiger partial charge in [-0.3, -0.25) is 43.2 Å². The normalized spacial score (nSPS) is 18.3. The molecule has 0 unspecified atom stereocenters. The van der Waals surface area contributed by atoms with E-state index in [-0.39, 0.29) is 37.6 Å². The first kappa shape index (κ1) is 62.3. The third kappa shape index (κ3) is 21.1. The highest BCUT2D eigenvalue weighted by Gasteiger charge is 2.41. The number of carboxylic acids is 1. The van der Waals surface area contributed by atoms with E-state index in [9.17, 15) is 58.2 Å². The Kier molecular flexibility index (Phi) is 28.5. The number of likely N-dealkylation sites (tertiary alicyclic amines) is 1. The van der Waals surface area contributed by atoms with E-state index in [0.29, 0.717) is 37.2 Å². The summed E-state index contributed by atoms with van der Waals surface area (Å²) in [5.41, 5.74) is 5.75. The number of aliphatic carboxylic acids is 1. The summed E-state index contributed by atoms with van der Waals surface area (Å²) in [6.45, 7) is 14.5. The Morgan fingerprint density at radius 1 is 0.638 bits per heavy atom. The van der Waals surface area contributed by atoms with Crippen molar-refractivity contribution in [1.82, 2.24) is 47.4 Å². The molecule has 69 heavy (non-hydrogen) atoms. The molecule has 24 heteroatoms. The summed E-state index contributed by atoms with van der Waals surface area (Å²) in [4.78, 5) is 134. The quantitative estimate of drug-likeness (QED) is 0.0396. The molecular formula is C45H80N10O12S2. The second-order valence-electron chi connectivity index (χ2n) is 18.2. The van der Waals surface area contributed by atoms with Crippen LogP contribution in [0, 0.1) is 17.8 Å². The maximum absolute atomic E-state index is 13.9. The van der Waals surface area contributed by atoms with E-state index in [1.165, 1.54) is 49.2 Å². The van der Waals surface area contributed by atoms with Crippen LogP contribution in [0.4, 0.5) is 0 Å². The Labute approximate surface area is 415 Å². The number of aliphatic hydroxyl groups excluding tert-OH is 1. The molecule has 0 spiro atoms. The van der Waals surface area contributed by atoms with Crippen LogP contribution >= 0.6 is 23.5 Å². The van der Waals surface area contributed by atoms with Crippen molar-refractivity contribution in [1.29, 1.82) is 0 Å². The number of nitrogens with one attached hydrogen (secondary N) is 8. The summed E-state index contributed by atoms with van der Waals surface area (Å²) in [6, 6.07) is -10.3. The van der Waals surface area contributed by atoms with Gasteiger partial charge in [-0.1, -0.05) is 54.4 Å². The number of carbonyl (C=O) groups is 10. The number of hydrogen-bond acceptors (Lipinski definition) is 14. The molecule has 394 valence electrons. The number of rotatable bonds is 31. The van der Waals surface area contributed by atoms with Crippen LogP contribution in [0.2, 0.25) is 0 Å². The lowest BCUT2D eigenvalue weighted by molar-refractivity contribution is -0.143. The summed E-state index contributed by atoms with van der Waals surface area (Å²) in [6.07, 6.45) is 4.32. The molecule has 12 atom stereocenters. The average Bonchev–Trinajstić information content (AvgIpc) is 3.79. The zero-order chi connectivity index (χ0) is 52.7. The Morgan fingerprint density at radius 2 is 1.16 bits per heavy atom. The van der Waals surface area contributed by atoms with Crippen LogP contribution in [-0.4, -0.2) is 172 Å². The fourth-order valence-corrected chi connectivity index (χ4v) is 8.17. The Bertz CT molecular complexity index is 1760. The SMILES string of the molecule is CC[C@H](C)[C@H](NC(=O)[C@@H](NC(=O)[C@H](CCSC)NC(=O)[C@@H]1CCCN1C(=O)[C@@H](NC(=O)[C@H](C)N)[C@@H](C)CC)[C@@H](C)O)C(=O)N[C@@H](C)C(=O)NCC(=O)N[C@@H](CC(C)C)C(=O)N[C@@H](CCSC)C(=O)O. The summed E-state index contributed by atoms with van der Waals surface area (Å²) in [5, 5.41) is 40.8. The predicted octanol–water partition coefficient (Wildman–Crippen LogP) is -1.04. The van der Waals surface area contributed by atoms with Gasteiger partial charge < -0.3 is 63.4 Å².